The number of carbonyl (C=O) groups excluding carboxylic acids is 1. The molecule has 0 aliphatic carbocycles. The lowest BCUT2D eigenvalue weighted by Crippen LogP contribution is -2.24. The number of aryl methyl sites for hydroxylation is 1. The maximum Gasteiger partial charge on any atom is 0.239 e. The Morgan fingerprint density at radius 2 is 1.88 bits per heavy atom. The summed E-state index contributed by atoms with van der Waals surface area (Å²) >= 11 is 0. The number of rotatable bonds is 5. The van der Waals surface area contributed by atoms with E-state index in [1.807, 2.05) is 25.1 Å². The summed E-state index contributed by atoms with van der Waals surface area (Å²) in [6.07, 6.45) is 0.789. The summed E-state index contributed by atoms with van der Waals surface area (Å²) in [5.41, 5.74) is 1.68. The van der Waals surface area contributed by atoms with E-state index in [4.69, 9.17) is 0 Å². The second-order valence-electron chi connectivity index (χ2n) is 3.74. The molecule has 0 aliphatic rings. The summed E-state index contributed by atoms with van der Waals surface area (Å²) in [6, 6.07) is 7.37. The Hall–Kier alpha value is -1.36. The van der Waals surface area contributed by atoms with Gasteiger partial charge in [0.1, 0.15) is 5.75 Å². The summed E-state index contributed by atoms with van der Waals surface area (Å²) in [7, 11) is -3.27. The van der Waals surface area contributed by atoms with Crippen LogP contribution in [0, 0.1) is 0 Å². The van der Waals surface area contributed by atoms with E-state index >= 15 is 0 Å². The van der Waals surface area contributed by atoms with E-state index < -0.39 is 21.5 Å². The normalized spacial score (nSPS) is 11.2. The Morgan fingerprint density at radius 3 is 2.47 bits per heavy atom. The van der Waals surface area contributed by atoms with Gasteiger partial charge in [0, 0.05) is 11.4 Å². The molecule has 0 aromatic heterocycles. The van der Waals surface area contributed by atoms with Gasteiger partial charge in [-0.1, -0.05) is 32.0 Å². The molecule has 0 aliphatic heterocycles. The molecule has 1 aromatic rings. The summed E-state index contributed by atoms with van der Waals surface area (Å²) in [5.74, 6) is -0.954. The minimum absolute atomic E-state index is 0.0180. The second-order valence-corrected chi connectivity index (χ2v) is 6.09. The molecule has 1 N–H and O–H groups in total. The summed E-state index contributed by atoms with van der Waals surface area (Å²) in [4.78, 5) is 11.6. The monoisotopic (exact) mass is 255 g/mol. The Kier molecular flexibility index (Phi) is 4.69. The van der Waals surface area contributed by atoms with Crippen LogP contribution in [0.3, 0.4) is 0 Å². The smallest absolute Gasteiger partial charge is 0.239 e. The highest BCUT2D eigenvalue weighted by Crippen LogP contribution is 2.15. The summed E-state index contributed by atoms with van der Waals surface area (Å²) in [5, 5.41) is 2.63. The first-order valence-corrected chi connectivity index (χ1v) is 7.38. The highest BCUT2D eigenvalue weighted by molar-refractivity contribution is 7.92. The lowest BCUT2D eigenvalue weighted by Gasteiger charge is -2.09. The minimum Gasteiger partial charge on any atom is -0.325 e. The van der Waals surface area contributed by atoms with Gasteiger partial charge in [-0.05, 0) is 18.1 Å². The number of hydrogen-bond acceptors (Lipinski definition) is 3. The Labute approximate surface area is 102 Å². The van der Waals surface area contributed by atoms with Crippen molar-refractivity contribution in [1.82, 2.24) is 0 Å². The van der Waals surface area contributed by atoms with Crippen molar-refractivity contribution in [1.29, 1.82) is 0 Å². The van der Waals surface area contributed by atoms with E-state index in [0.717, 1.165) is 12.0 Å². The molecule has 1 rings (SSSR count). The largest absolute Gasteiger partial charge is 0.325 e. The fourth-order valence-corrected chi connectivity index (χ4v) is 2.11. The molecule has 0 saturated heterocycles. The average molecular weight is 255 g/mol. The van der Waals surface area contributed by atoms with Crippen LogP contribution in [0.1, 0.15) is 19.4 Å². The quantitative estimate of drug-likeness (QED) is 0.869. The third-order valence-corrected chi connectivity index (χ3v) is 4.04. The summed E-state index contributed by atoms with van der Waals surface area (Å²) in [6.45, 7) is 3.51. The Morgan fingerprint density at radius 1 is 1.24 bits per heavy atom. The molecular formula is C12H17NO3S. The van der Waals surface area contributed by atoms with E-state index in [0.29, 0.717) is 5.69 Å². The highest BCUT2D eigenvalue weighted by atomic mass is 32.2. The number of anilines is 1. The van der Waals surface area contributed by atoms with Crippen molar-refractivity contribution in [2.75, 3.05) is 16.8 Å². The number of amides is 1. The molecule has 17 heavy (non-hydrogen) atoms. The molecule has 0 radical (unpaired) electrons. The third kappa shape index (κ3) is 4.19. The average Bonchev–Trinajstić information content (AvgIpc) is 2.29. The fourth-order valence-electron chi connectivity index (χ4n) is 1.44. The lowest BCUT2D eigenvalue weighted by molar-refractivity contribution is -0.113. The zero-order valence-electron chi connectivity index (χ0n) is 10.1. The van der Waals surface area contributed by atoms with Crippen molar-refractivity contribution < 1.29 is 13.2 Å². The molecule has 0 saturated carbocycles. The molecule has 0 atom stereocenters. The predicted molar refractivity (Wildman–Crippen MR) is 68.8 cm³/mol. The number of hydrogen-bond donors (Lipinski definition) is 1. The zero-order valence-corrected chi connectivity index (χ0v) is 10.9. The third-order valence-electron chi connectivity index (χ3n) is 2.46. The fraction of sp³-hybridized carbons (Fsp3) is 0.417. The van der Waals surface area contributed by atoms with Gasteiger partial charge in [-0.3, -0.25) is 4.79 Å². The van der Waals surface area contributed by atoms with Gasteiger partial charge in [0.05, 0.1) is 0 Å². The highest BCUT2D eigenvalue weighted by Gasteiger charge is 2.14. The topological polar surface area (TPSA) is 63.2 Å². The minimum atomic E-state index is -3.27. The van der Waals surface area contributed by atoms with Crippen molar-refractivity contribution in [3.8, 4) is 0 Å². The van der Waals surface area contributed by atoms with Crippen molar-refractivity contribution >= 4 is 21.4 Å². The van der Waals surface area contributed by atoms with Crippen molar-refractivity contribution in [3.05, 3.63) is 29.8 Å². The molecule has 5 heteroatoms. The van der Waals surface area contributed by atoms with Crippen molar-refractivity contribution in [2.45, 2.75) is 20.3 Å². The zero-order chi connectivity index (χ0) is 12.9. The molecular weight excluding hydrogens is 238 g/mol. The van der Waals surface area contributed by atoms with Gasteiger partial charge in [0.15, 0.2) is 9.84 Å². The van der Waals surface area contributed by atoms with Gasteiger partial charge < -0.3 is 5.32 Å². The van der Waals surface area contributed by atoms with Crippen LogP contribution in [-0.2, 0) is 21.1 Å². The van der Waals surface area contributed by atoms with Crippen LogP contribution in [0.25, 0.3) is 0 Å². The van der Waals surface area contributed by atoms with E-state index in [1.165, 1.54) is 6.92 Å². The first-order valence-electron chi connectivity index (χ1n) is 5.56. The number of sulfone groups is 1. The van der Waals surface area contributed by atoms with Crippen molar-refractivity contribution in [2.24, 2.45) is 0 Å². The van der Waals surface area contributed by atoms with E-state index in [1.54, 1.807) is 6.07 Å². The number of nitrogens with one attached hydrogen (secondary N) is 1. The van der Waals surface area contributed by atoms with Gasteiger partial charge in [-0.15, -0.1) is 0 Å². The van der Waals surface area contributed by atoms with Gasteiger partial charge in [0.25, 0.3) is 0 Å². The van der Waals surface area contributed by atoms with E-state index in [9.17, 15) is 13.2 Å². The number of carbonyl (C=O) groups is 1. The molecule has 0 spiro atoms. The molecule has 0 unspecified atom stereocenters. The predicted octanol–water partition coefficient (Wildman–Crippen LogP) is 1.62. The maximum atomic E-state index is 11.6. The lowest BCUT2D eigenvalue weighted by atomic mass is 10.1. The maximum absolute atomic E-state index is 11.6. The van der Waals surface area contributed by atoms with Gasteiger partial charge >= 0.3 is 0 Å². The van der Waals surface area contributed by atoms with Crippen LogP contribution in [0.5, 0.6) is 0 Å². The van der Waals surface area contributed by atoms with Crippen LogP contribution in [0.2, 0.25) is 0 Å². The first kappa shape index (κ1) is 13.7. The molecule has 0 bridgehead atoms. The van der Waals surface area contributed by atoms with Gasteiger partial charge in [-0.25, -0.2) is 8.42 Å². The van der Waals surface area contributed by atoms with Crippen LogP contribution < -0.4 is 5.32 Å². The van der Waals surface area contributed by atoms with E-state index in [2.05, 4.69) is 5.32 Å². The van der Waals surface area contributed by atoms with Crippen LogP contribution in [0.15, 0.2) is 24.3 Å². The molecule has 1 amide bonds. The molecule has 4 nitrogen and oxygen atoms in total. The Bertz CT molecular complexity index is 494. The number of para-hydroxylation sites is 1. The van der Waals surface area contributed by atoms with Crippen LogP contribution in [0.4, 0.5) is 5.69 Å². The summed E-state index contributed by atoms with van der Waals surface area (Å²) < 4.78 is 22.6. The van der Waals surface area contributed by atoms with Crippen LogP contribution >= 0.6 is 0 Å². The molecule has 0 fully saturated rings. The van der Waals surface area contributed by atoms with Crippen molar-refractivity contribution in [3.63, 3.8) is 0 Å². The van der Waals surface area contributed by atoms with Crippen LogP contribution in [-0.4, -0.2) is 25.8 Å². The standard InChI is InChI=1S/C12H17NO3S/c1-3-10-7-5-6-8-11(10)13-12(14)9-17(15,16)4-2/h5-8H,3-4,9H2,1-2H3,(H,13,14). The number of benzene rings is 1. The first-order chi connectivity index (χ1) is 7.98. The van der Waals surface area contributed by atoms with Gasteiger partial charge in [0.2, 0.25) is 5.91 Å². The SMILES string of the molecule is CCc1ccccc1NC(=O)CS(=O)(=O)CC. The Balaban J connectivity index is 2.75. The van der Waals surface area contributed by atoms with E-state index in [-0.39, 0.29) is 5.75 Å². The molecule has 1 aromatic carbocycles. The molecule has 0 heterocycles. The molecule has 94 valence electrons. The second kappa shape index (κ2) is 5.82. The van der Waals surface area contributed by atoms with Gasteiger partial charge in [-0.2, -0.15) is 0 Å².